The lowest BCUT2D eigenvalue weighted by Gasteiger charge is -2.24. The van der Waals surface area contributed by atoms with Gasteiger partial charge in [-0.15, -0.1) is 0 Å². The van der Waals surface area contributed by atoms with E-state index in [1.165, 1.54) is 0 Å². The fourth-order valence-corrected chi connectivity index (χ4v) is 4.09. The van der Waals surface area contributed by atoms with Gasteiger partial charge in [-0.3, -0.25) is 10.1 Å². The number of hydrogen-bond acceptors (Lipinski definition) is 4. The molecule has 6 rings (SSSR count). The van der Waals surface area contributed by atoms with Crippen LogP contribution in [0.2, 0.25) is 0 Å². The summed E-state index contributed by atoms with van der Waals surface area (Å²) in [7, 11) is 0. The third kappa shape index (κ3) is 1.05. The Morgan fingerprint density at radius 3 is 2.19 bits per heavy atom. The van der Waals surface area contributed by atoms with Crippen LogP contribution in [0.5, 0.6) is 0 Å². The van der Waals surface area contributed by atoms with Crippen LogP contribution in [0.3, 0.4) is 0 Å². The van der Waals surface area contributed by atoms with Gasteiger partial charge in [-0.25, -0.2) is 0 Å². The first-order valence-electron chi connectivity index (χ1n) is 7.01. The SMILES string of the molecule is O=[N+]([O-])c1ccc2c3c1[C@H]1O[C@H]1c1cccc(c1-3)[C@@H]1O[C@H]21. The van der Waals surface area contributed by atoms with E-state index >= 15 is 0 Å². The number of fused-ring (bicyclic) bond motifs is 6. The van der Waals surface area contributed by atoms with E-state index in [4.69, 9.17) is 9.47 Å². The van der Waals surface area contributed by atoms with Gasteiger partial charge in [0.15, 0.2) is 0 Å². The van der Waals surface area contributed by atoms with E-state index in [1.807, 2.05) is 12.1 Å². The Morgan fingerprint density at radius 2 is 1.48 bits per heavy atom. The van der Waals surface area contributed by atoms with Crippen molar-refractivity contribution in [3.05, 3.63) is 62.7 Å². The second kappa shape index (κ2) is 3.00. The molecule has 5 nitrogen and oxygen atoms in total. The van der Waals surface area contributed by atoms with Crippen LogP contribution in [0.15, 0.2) is 30.3 Å². The predicted molar refractivity (Wildman–Crippen MR) is 71.7 cm³/mol. The summed E-state index contributed by atoms with van der Waals surface area (Å²) in [5, 5.41) is 11.4. The molecule has 2 aliphatic carbocycles. The molecular weight excluding hydrogens is 270 g/mol. The minimum atomic E-state index is -0.304. The van der Waals surface area contributed by atoms with E-state index < -0.39 is 0 Å². The molecular formula is C16H9NO4. The number of epoxide rings is 2. The van der Waals surface area contributed by atoms with Crippen molar-refractivity contribution in [2.75, 3.05) is 0 Å². The smallest absolute Gasteiger partial charge is 0.275 e. The summed E-state index contributed by atoms with van der Waals surface area (Å²) in [5.74, 6) is 0. The zero-order chi connectivity index (χ0) is 13.9. The molecule has 0 radical (unpaired) electrons. The van der Waals surface area contributed by atoms with Gasteiger partial charge in [0, 0.05) is 11.6 Å². The topological polar surface area (TPSA) is 68.2 Å². The van der Waals surface area contributed by atoms with Gasteiger partial charge in [0.05, 0.1) is 10.5 Å². The third-order valence-electron chi connectivity index (χ3n) is 5.02. The summed E-state index contributed by atoms with van der Waals surface area (Å²) in [5.41, 5.74) is 6.41. The summed E-state index contributed by atoms with van der Waals surface area (Å²) in [6.45, 7) is 0. The van der Waals surface area contributed by atoms with Gasteiger partial charge in [-0.1, -0.05) is 18.2 Å². The lowest BCUT2D eigenvalue weighted by atomic mass is 9.75. The van der Waals surface area contributed by atoms with Gasteiger partial charge in [0.2, 0.25) is 0 Å². The highest BCUT2D eigenvalue weighted by Crippen LogP contribution is 2.69. The highest BCUT2D eigenvalue weighted by atomic mass is 16.6. The summed E-state index contributed by atoms with van der Waals surface area (Å²) in [6.07, 6.45) is -0.0373. The Morgan fingerprint density at radius 1 is 0.857 bits per heavy atom. The number of nitro groups is 1. The van der Waals surface area contributed by atoms with Gasteiger partial charge in [-0.05, 0) is 28.3 Å². The van der Waals surface area contributed by atoms with E-state index in [-0.39, 0.29) is 35.0 Å². The first-order chi connectivity index (χ1) is 10.3. The standard InChI is InChI=1S/C16H9NO4/c18-17(19)9-5-4-8-11-10-6(13-14(8)20-13)2-1-3-7(10)15-16(21-15)12(9)11/h1-5,13-16H/t13-,14+,15-,16+/m0/s1. The monoisotopic (exact) mass is 279 g/mol. The highest BCUT2D eigenvalue weighted by molar-refractivity contribution is 5.87. The van der Waals surface area contributed by atoms with Gasteiger partial charge in [0.1, 0.15) is 24.4 Å². The average Bonchev–Trinajstić information content (AvgIpc) is 3.36. The molecule has 2 fully saturated rings. The zero-order valence-corrected chi connectivity index (χ0v) is 10.8. The van der Waals surface area contributed by atoms with Crippen LogP contribution in [0.4, 0.5) is 5.69 Å². The van der Waals surface area contributed by atoms with Crippen molar-refractivity contribution in [3.63, 3.8) is 0 Å². The number of benzene rings is 2. The van der Waals surface area contributed by atoms with Crippen LogP contribution in [0.1, 0.15) is 46.7 Å². The second-order valence-corrected chi connectivity index (χ2v) is 5.99. The number of hydrogen-bond donors (Lipinski definition) is 0. The molecule has 21 heavy (non-hydrogen) atoms. The molecule has 2 heterocycles. The summed E-state index contributed by atoms with van der Waals surface area (Å²) < 4.78 is 11.6. The molecule has 5 heteroatoms. The minimum absolute atomic E-state index is 0.0308. The molecule has 2 aromatic rings. The summed E-state index contributed by atoms with van der Waals surface area (Å²) in [4.78, 5) is 11.1. The number of nitrogens with zero attached hydrogens (tertiary/aromatic N) is 1. The first-order valence-corrected chi connectivity index (χ1v) is 7.01. The molecule has 4 aliphatic rings. The van der Waals surface area contributed by atoms with Crippen molar-refractivity contribution in [1.82, 2.24) is 0 Å². The van der Waals surface area contributed by atoms with Crippen LogP contribution in [-0.2, 0) is 9.47 Å². The first kappa shape index (κ1) is 10.5. The van der Waals surface area contributed by atoms with Crippen molar-refractivity contribution in [3.8, 4) is 11.1 Å². The van der Waals surface area contributed by atoms with E-state index in [0.717, 1.165) is 33.4 Å². The Kier molecular flexibility index (Phi) is 1.50. The Balaban J connectivity index is 1.81. The van der Waals surface area contributed by atoms with E-state index in [1.54, 1.807) is 6.07 Å². The van der Waals surface area contributed by atoms with E-state index in [9.17, 15) is 10.1 Å². The highest BCUT2D eigenvalue weighted by Gasteiger charge is 2.57. The van der Waals surface area contributed by atoms with E-state index in [0.29, 0.717) is 0 Å². The summed E-state index contributed by atoms with van der Waals surface area (Å²) in [6, 6.07) is 9.61. The Bertz CT molecular complexity index is 861. The van der Waals surface area contributed by atoms with Crippen molar-refractivity contribution in [2.45, 2.75) is 24.4 Å². The lowest BCUT2D eigenvalue weighted by Crippen LogP contribution is -2.11. The molecule has 0 spiro atoms. The van der Waals surface area contributed by atoms with Crippen LogP contribution in [0.25, 0.3) is 11.1 Å². The normalized spacial score (nSPS) is 31.8. The maximum atomic E-state index is 11.4. The van der Waals surface area contributed by atoms with E-state index in [2.05, 4.69) is 12.1 Å². The zero-order valence-electron chi connectivity index (χ0n) is 10.8. The fourth-order valence-electron chi connectivity index (χ4n) is 4.09. The lowest BCUT2D eigenvalue weighted by molar-refractivity contribution is -0.385. The number of rotatable bonds is 1. The summed E-state index contributed by atoms with van der Waals surface area (Å²) >= 11 is 0. The van der Waals surface area contributed by atoms with Gasteiger partial charge in [0.25, 0.3) is 5.69 Å². The molecule has 2 aliphatic heterocycles. The van der Waals surface area contributed by atoms with Crippen molar-refractivity contribution >= 4 is 5.69 Å². The maximum absolute atomic E-state index is 11.4. The van der Waals surface area contributed by atoms with Gasteiger partial charge < -0.3 is 9.47 Å². The molecule has 2 saturated heterocycles. The average molecular weight is 279 g/mol. The van der Waals surface area contributed by atoms with Crippen molar-refractivity contribution in [1.29, 1.82) is 0 Å². The minimum Gasteiger partial charge on any atom is -0.359 e. The molecule has 0 amide bonds. The second-order valence-electron chi connectivity index (χ2n) is 5.99. The molecule has 0 saturated carbocycles. The maximum Gasteiger partial charge on any atom is 0.275 e. The van der Waals surface area contributed by atoms with Crippen molar-refractivity contribution < 1.29 is 14.4 Å². The molecule has 0 bridgehead atoms. The number of nitro benzene ring substituents is 1. The van der Waals surface area contributed by atoms with Crippen LogP contribution < -0.4 is 0 Å². The quantitative estimate of drug-likeness (QED) is 0.455. The van der Waals surface area contributed by atoms with Crippen molar-refractivity contribution in [2.24, 2.45) is 0 Å². The van der Waals surface area contributed by atoms with Gasteiger partial charge >= 0.3 is 0 Å². The Hall–Kier alpha value is -2.24. The molecule has 0 unspecified atom stereocenters. The number of ether oxygens (including phenoxy) is 2. The molecule has 4 atom stereocenters. The fraction of sp³-hybridized carbons (Fsp3) is 0.250. The third-order valence-corrected chi connectivity index (χ3v) is 5.02. The van der Waals surface area contributed by atoms with Gasteiger partial charge in [-0.2, -0.15) is 0 Å². The Labute approximate surface area is 119 Å². The predicted octanol–water partition coefficient (Wildman–Crippen LogP) is 3.51. The van der Waals surface area contributed by atoms with Crippen LogP contribution in [0, 0.1) is 10.1 Å². The molecule has 0 aromatic heterocycles. The van der Waals surface area contributed by atoms with Crippen LogP contribution in [-0.4, -0.2) is 4.92 Å². The largest absolute Gasteiger partial charge is 0.359 e. The molecule has 0 N–H and O–H groups in total. The molecule has 102 valence electrons. The molecule has 2 aromatic carbocycles. The van der Waals surface area contributed by atoms with Crippen LogP contribution >= 0.6 is 0 Å².